The second-order valence-corrected chi connectivity index (χ2v) is 7.47. The number of allylic oxidation sites excluding steroid dienone is 1. The van der Waals surface area contributed by atoms with Gasteiger partial charge in [0.1, 0.15) is 22.8 Å². The molecule has 0 aromatic heterocycles. The van der Waals surface area contributed by atoms with E-state index in [4.69, 9.17) is 14.2 Å². The fourth-order valence-electron chi connectivity index (χ4n) is 3.16. The molecule has 3 aromatic carbocycles. The zero-order valence-corrected chi connectivity index (χ0v) is 18.6. The van der Waals surface area contributed by atoms with Gasteiger partial charge in [0, 0.05) is 5.56 Å². The Morgan fingerprint density at radius 1 is 0.812 bits per heavy atom. The standard InChI is InChI=1S/C27H26O5/c1-18(2)20-11-8-19(9-12-20)10-17-23(28)21-13-15-22(16-14-21)32-27(29)26-24(30-3)6-5-7-25(26)31-4/h5-18H,1-4H3/b17-10+. The number of ether oxygens (including phenoxy) is 3. The number of carbonyl (C=O) groups is 2. The number of esters is 1. The number of methoxy groups -OCH3 is 2. The molecule has 0 saturated carbocycles. The molecule has 5 nitrogen and oxygen atoms in total. The highest BCUT2D eigenvalue weighted by atomic mass is 16.5. The Balaban J connectivity index is 1.68. The molecule has 0 radical (unpaired) electrons. The topological polar surface area (TPSA) is 61.8 Å². The van der Waals surface area contributed by atoms with E-state index in [0.29, 0.717) is 28.7 Å². The number of ketones is 1. The van der Waals surface area contributed by atoms with Crippen LogP contribution in [0.25, 0.3) is 6.08 Å². The molecule has 0 bridgehead atoms. The number of benzene rings is 3. The molecule has 3 rings (SSSR count). The zero-order valence-electron chi connectivity index (χ0n) is 18.6. The van der Waals surface area contributed by atoms with Crippen LogP contribution in [0, 0.1) is 0 Å². The van der Waals surface area contributed by atoms with E-state index >= 15 is 0 Å². The van der Waals surface area contributed by atoms with Crippen LogP contribution in [0.1, 0.15) is 51.6 Å². The predicted molar refractivity (Wildman–Crippen MR) is 125 cm³/mol. The van der Waals surface area contributed by atoms with Gasteiger partial charge in [-0.05, 0) is 59.5 Å². The van der Waals surface area contributed by atoms with E-state index in [2.05, 4.69) is 26.0 Å². The third-order valence-electron chi connectivity index (χ3n) is 5.01. The summed E-state index contributed by atoms with van der Waals surface area (Å²) >= 11 is 0. The minimum atomic E-state index is -0.608. The lowest BCUT2D eigenvalue weighted by atomic mass is 10.0. The van der Waals surface area contributed by atoms with Crippen LogP contribution >= 0.6 is 0 Å². The smallest absolute Gasteiger partial charge is 0.351 e. The van der Waals surface area contributed by atoms with Crippen LogP contribution in [0.4, 0.5) is 0 Å². The first-order chi connectivity index (χ1) is 15.4. The van der Waals surface area contributed by atoms with Crippen LogP contribution in [-0.4, -0.2) is 26.0 Å². The molecule has 0 heterocycles. The van der Waals surface area contributed by atoms with Crippen molar-refractivity contribution in [2.45, 2.75) is 19.8 Å². The van der Waals surface area contributed by atoms with Crippen molar-refractivity contribution in [3.63, 3.8) is 0 Å². The maximum absolute atomic E-state index is 12.7. The molecule has 0 spiro atoms. The summed E-state index contributed by atoms with van der Waals surface area (Å²) < 4.78 is 15.9. The Labute approximate surface area is 188 Å². The molecule has 0 fully saturated rings. The van der Waals surface area contributed by atoms with E-state index in [1.54, 1.807) is 48.5 Å². The van der Waals surface area contributed by atoms with Crippen molar-refractivity contribution < 1.29 is 23.8 Å². The Morgan fingerprint density at radius 2 is 1.41 bits per heavy atom. The number of hydrogen-bond acceptors (Lipinski definition) is 5. The van der Waals surface area contributed by atoms with Gasteiger partial charge < -0.3 is 14.2 Å². The van der Waals surface area contributed by atoms with Crippen LogP contribution in [-0.2, 0) is 0 Å². The van der Waals surface area contributed by atoms with Crippen LogP contribution < -0.4 is 14.2 Å². The molecule has 32 heavy (non-hydrogen) atoms. The van der Waals surface area contributed by atoms with Gasteiger partial charge in [-0.1, -0.05) is 50.3 Å². The quantitative estimate of drug-likeness (QED) is 0.191. The van der Waals surface area contributed by atoms with Gasteiger partial charge in [-0.25, -0.2) is 4.79 Å². The molecule has 3 aromatic rings. The van der Waals surface area contributed by atoms with Crippen LogP contribution in [0.15, 0.2) is 72.8 Å². The van der Waals surface area contributed by atoms with Gasteiger partial charge in [-0.2, -0.15) is 0 Å². The van der Waals surface area contributed by atoms with Gasteiger partial charge in [0.25, 0.3) is 0 Å². The monoisotopic (exact) mass is 430 g/mol. The second-order valence-electron chi connectivity index (χ2n) is 7.47. The summed E-state index contributed by atoms with van der Waals surface area (Å²) in [5, 5.41) is 0. The zero-order chi connectivity index (χ0) is 23.1. The summed E-state index contributed by atoms with van der Waals surface area (Å²) in [5.74, 6) is 0.741. The Hall–Kier alpha value is -3.86. The van der Waals surface area contributed by atoms with Gasteiger partial charge in [-0.3, -0.25) is 4.79 Å². The maximum atomic E-state index is 12.7. The number of hydrogen-bond donors (Lipinski definition) is 0. The highest BCUT2D eigenvalue weighted by Crippen LogP contribution is 2.29. The fourth-order valence-corrected chi connectivity index (χ4v) is 3.16. The largest absolute Gasteiger partial charge is 0.496 e. The van der Waals surface area contributed by atoms with Crippen LogP contribution in [0.2, 0.25) is 0 Å². The minimum absolute atomic E-state index is 0.137. The molecule has 0 unspecified atom stereocenters. The van der Waals surface area contributed by atoms with Gasteiger partial charge in [0.2, 0.25) is 0 Å². The lowest BCUT2D eigenvalue weighted by Crippen LogP contribution is -2.12. The average Bonchev–Trinajstić information content (AvgIpc) is 2.82. The summed E-state index contributed by atoms with van der Waals surface area (Å²) in [6, 6.07) is 19.6. The molecule has 0 aliphatic rings. The van der Waals surface area contributed by atoms with E-state index < -0.39 is 5.97 Å². The molecule has 5 heteroatoms. The molecule has 0 aliphatic heterocycles. The van der Waals surface area contributed by atoms with Crippen molar-refractivity contribution in [2.75, 3.05) is 14.2 Å². The van der Waals surface area contributed by atoms with Crippen molar-refractivity contribution in [1.82, 2.24) is 0 Å². The van der Waals surface area contributed by atoms with Crippen molar-refractivity contribution >= 4 is 17.8 Å². The van der Waals surface area contributed by atoms with Crippen molar-refractivity contribution in [3.8, 4) is 17.2 Å². The van der Waals surface area contributed by atoms with Gasteiger partial charge >= 0.3 is 5.97 Å². The lowest BCUT2D eigenvalue weighted by molar-refractivity contribution is 0.0727. The molecular formula is C27H26O5. The molecule has 0 aliphatic carbocycles. The average molecular weight is 431 g/mol. The summed E-state index contributed by atoms with van der Waals surface area (Å²) in [6.07, 6.45) is 3.32. The Bertz CT molecular complexity index is 1090. The number of carbonyl (C=O) groups excluding carboxylic acids is 2. The molecule has 0 N–H and O–H groups in total. The first-order valence-electron chi connectivity index (χ1n) is 10.3. The third-order valence-corrected chi connectivity index (χ3v) is 5.01. The first-order valence-corrected chi connectivity index (χ1v) is 10.3. The summed E-state index contributed by atoms with van der Waals surface area (Å²) in [4.78, 5) is 25.1. The molecule has 0 atom stereocenters. The highest BCUT2D eigenvalue weighted by Gasteiger charge is 2.20. The summed E-state index contributed by atoms with van der Waals surface area (Å²) in [7, 11) is 2.94. The maximum Gasteiger partial charge on any atom is 0.351 e. The van der Waals surface area contributed by atoms with E-state index in [1.807, 2.05) is 12.1 Å². The predicted octanol–water partition coefficient (Wildman–Crippen LogP) is 5.94. The lowest BCUT2D eigenvalue weighted by Gasteiger charge is -2.12. The van der Waals surface area contributed by atoms with Crippen molar-refractivity contribution in [2.24, 2.45) is 0 Å². The normalized spacial score (nSPS) is 10.9. The van der Waals surface area contributed by atoms with Crippen LogP contribution in [0.3, 0.4) is 0 Å². The van der Waals surface area contributed by atoms with Gasteiger partial charge in [-0.15, -0.1) is 0 Å². The van der Waals surface area contributed by atoms with Gasteiger partial charge in [0.05, 0.1) is 14.2 Å². The molecule has 0 amide bonds. The van der Waals surface area contributed by atoms with Crippen LogP contribution in [0.5, 0.6) is 17.2 Å². The Kier molecular flexibility index (Phi) is 7.45. The molecule has 164 valence electrons. The van der Waals surface area contributed by atoms with Gasteiger partial charge in [0.15, 0.2) is 5.78 Å². The van der Waals surface area contributed by atoms with E-state index in [1.165, 1.54) is 25.9 Å². The van der Waals surface area contributed by atoms with E-state index in [0.717, 1.165) is 5.56 Å². The molecule has 0 saturated heterocycles. The van der Waals surface area contributed by atoms with E-state index in [-0.39, 0.29) is 11.3 Å². The minimum Gasteiger partial charge on any atom is -0.496 e. The SMILES string of the molecule is COc1cccc(OC)c1C(=O)Oc1ccc(C(=O)/C=C/c2ccc(C(C)C)cc2)cc1. The second kappa shape index (κ2) is 10.4. The summed E-state index contributed by atoms with van der Waals surface area (Å²) in [5.41, 5.74) is 2.90. The third kappa shape index (κ3) is 5.43. The van der Waals surface area contributed by atoms with Crippen molar-refractivity contribution in [1.29, 1.82) is 0 Å². The molecular weight excluding hydrogens is 404 g/mol. The van der Waals surface area contributed by atoms with E-state index in [9.17, 15) is 9.59 Å². The first kappa shape index (κ1) is 22.8. The summed E-state index contributed by atoms with van der Waals surface area (Å²) in [6.45, 7) is 4.28. The Morgan fingerprint density at radius 3 is 1.94 bits per heavy atom. The number of rotatable bonds is 8. The fraction of sp³-hybridized carbons (Fsp3) is 0.185. The highest BCUT2D eigenvalue weighted by molar-refractivity contribution is 6.07. The van der Waals surface area contributed by atoms with Crippen molar-refractivity contribution in [3.05, 3.63) is 95.1 Å².